The SMILES string of the molecule is COC1CP(CCP2CC(OC)C(OC)C2)CC1OC. The molecule has 2 aliphatic heterocycles. The lowest BCUT2D eigenvalue weighted by Gasteiger charge is -2.15. The molecule has 2 aliphatic rings. The monoisotopic (exact) mass is 322 g/mol. The maximum Gasteiger partial charge on any atom is 0.0875 e. The highest BCUT2D eigenvalue weighted by Gasteiger charge is 2.37. The summed E-state index contributed by atoms with van der Waals surface area (Å²) >= 11 is 0. The van der Waals surface area contributed by atoms with Crippen molar-refractivity contribution in [1.29, 1.82) is 0 Å². The molecule has 0 aromatic heterocycles. The van der Waals surface area contributed by atoms with Gasteiger partial charge < -0.3 is 18.9 Å². The lowest BCUT2D eigenvalue weighted by molar-refractivity contribution is -0.00461. The summed E-state index contributed by atoms with van der Waals surface area (Å²) in [5.74, 6) is 0. The van der Waals surface area contributed by atoms with Crippen molar-refractivity contribution < 1.29 is 18.9 Å². The molecule has 2 fully saturated rings. The Morgan fingerprint density at radius 1 is 0.600 bits per heavy atom. The van der Waals surface area contributed by atoms with E-state index in [1.165, 1.54) is 37.0 Å². The van der Waals surface area contributed by atoms with Crippen LogP contribution >= 0.6 is 15.8 Å². The first kappa shape index (κ1) is 17.1. The lowest BCUT2D eigenvalue weighted by Crippen LogP contribution is -2.27. The van der Waals surface area contributed by atoms with Crippen molar-refractivity contribution in [2.24, 2.45) is 0 Å². The summed E-state index contributed by atoms with van der Waals surface area (Å²) in [6.45, 7) is 0. The second-order valence-electron chi connectivity index (χ2n) is 5.62. The van der Waals surface area contributed by atoms with E-state index < -0.39 is 0 Å². The molecule has 0 amide bonds. The van der Waals surface area contributed by atoms with Gasteiger partial charge in [0.25, 0.3) is 0 Å². The quantitative estimate of drug-likeness (QED) is 0.672. The van der Waals surface area contributed by atoms with E-state index in [1.807, 2.05) is 28.4 Å². The van der Waals surface area contributed by atoms with Crippen molar-refractivity contribution in [2.45, 2.75) is 24.4 Å². The van der Waals surface area contributed by atoms with Gasteiger partial charge in [-0.25, -0.2) is 0 Å². The first-order valence-corrected chi connectivity index (χ1v) is 11.1. The molecule has 0 spiro atoms. The maximum absolute atomic E-state index is 5.54. The summed E-state index contributed by atoms with van der Waals surface area (Å²) in [7, 11) is 7.43. The second kappa shape index (κ2) is 8.36. The molecule has 2 saturated heterocycles. The molecular formula is C14H28O4P2. The fourth-order valence-electron chi connectivity index (χ4n) is 3.19. The van der Waals surface area contributed by atoms with Crippen LogP contribution in [-0.2, 0) is 18.9 Å². The number of rotatable bonds is 7. The number of methoxy groups -OCH3 is 4. The Hall–Kier alpha value is 0.700. The molecule has 4 unspecified atom stereocenters. The minimum absolute atomic E-state index is 0.0959. The topological polar surface area (TPSA) is 36.9 Å². The van der Waals surface area contributed by atoms with Gasteiger partial charge in [0, 0.05) is 28.4 Å². The highest BCUT2D eigenvalue weighted by atomic mass is 31.1. The van der Waals surface area contributed by atoms with Crippen LogP contribution in [0.4, 0.5) is 0 Å². The van der Waals surface area contributed by atoms with E-state index in [1.54, 1.807) is 0 Å². The van der Waals surface area contributed by atoms with Gasteiger partial charge >= 0.3 is 0 Å². The Kier molecular flexibility index (Phi) is 7.13. The highest BCUT2D eigenvalue weighted by Crippen LogP contribution is 2.51. The minimum atomic E-state index is 0.0959. The van der Waals surface area contributed by atoms with E-state index in [-0.39, 0.29) is 15.8 Å². The Bertz CT molecular complexity index is 240. The van der Waals surface area contributed by atoms with Gasteiger partial charge in [0.1, 0.15) is 0 Å². The van der Waals surface area contributed by atoms with Gasteiger partial charge in [-0.05, 0) is 37.0 Å². The first-order valence-electron chi connectivity index (χ1n) is 7.27. The van der Waals surface area contributed by atoms with Crippen molar-refractivity contribution >= 4 is 15.8 Å². The second-order valence-corrected chi connectivity index (χ2v) is 10.7. The average Bonchev–Trinajstić information content (AvgIpc) is 3.07. The molecule has 118 valence electrons. The zero-order chi connectivity index (χ0) is 14.5. The molecule has 0 radical (unpaired) electrons. The average molecular weight is 322 g/mol. The first-order chi connectivity index (χ1) is 9.71. The van der Waals surface area contributed by atoms with E-state index in [0.29, 0.717) is 24.4 Å². The van der Waals surface area contributed by atoms with Gasteiger partial charge in [-0.15, -0.1) is 15.8 Å². The summed E-state index contributed by atoms with van der Waals surface area (Å²) in [5.41, 5.74) is 0. The highest BCUT2D eigenvalue weighted by molar-refractivity contribution is 7.62. The van der Waals surface area contributed by atoms with Gasteiger partial charge in [0.15, 0.2) is 0 Å². The van der Waals surface area contributed by atoms with Crippen LogP contribution in [-0.4, -0.2) is 89.8 Å². The van der Waals surface area contributed by atoms with E-state index in [2.05, 4.69) is 0 Å². The van der Waals surface area contributed by atoms with Gasteiger partial charge in [-0.1, -0.05) is 0 Å². The van der Waals surface area contributed by atoms with E-state index in [0.717, 1.165) is 0 Å². The number of hydrogen-bond acceptors (Lipinski definition) is 4. The van der Waals surface area contributed by atoms with Gasteiger partial charge in [-0.2, -0.15) is 0 Å². The third-order valence-corrected chi connectivity index (χ3v) is 10.1. The van der Waals surface area contributed by atoms with Crippen LogP contribution in [0.1, 0.15) is 0 Å². The van der Waals surface area contributed by atoms with Crippen LogP contribution in [0.5, 0.6) is 0 Å². The molecule has 0 saturated carbocycles. The van der Waals surface area contributed by atoms with Crippen LogP contribution in [0, 0.1) is 0 Å². The molecule has 0 aromatic rings. The molecule has 0 bridgehead atoms. The molecule has 0 N–H and O–H groups in total. The standard InChI is InChI=1S/C14H28O4P2/c1-15-11-7-19(8-12(11)16-2)5-6-20-9-13(17-3)14(10-20)18-4/h11-14H,5-10H2,1-4H3. The predicted octanol–water partition coefficient (Wildman–Crippen LogP) is 2.04. The van der Waals surface area contributed by atoms with Crippen molar-refractivity contribution in [3.63, 3.8) is 0 Å². The van der Waals surface area contributed by atoms with Crippen LogP contribution in [0.15, 0.2) is 0 Å². The minimum Gasteiger partial charge on any atom is -0.378 e. The van der Waals surface area contributed by atoms with Crippen LogP contribution in [0.3, 0.4) is 0 Å². The molecule has 4 atom stereocenters. The predicted molar refractivity (Wildman–Crippen MR) is 86.2 cm³/mol. The fourth-order valence-corrected chi connectivity index (χ4v) is 10.1. The van der Waals surface area contributed by atoms with Crippen molar-refractivity contribution in [3.05, 3.63) is 0 Å². The smallest absolute Gasteiger partial charge is 0.0875 e. The van der Waals surface area contributed by atoms with Crippen molar-refractivity contribution in [3.8, 4) is 0 Å². The number of ether oxygens (including phenoxy) is 4. The largest absolute Gasteiger partial charge is 0.378 e. The molecule has 2 rings (SSSR count). The zero-order valence-electron chi connectivity index (χ0n) is 13.1. The third-order valence-electron chi connectivity index (χ3n) is 4.53. The van der Waals surface area contributed by atoms with Crippen LogP contribution in [0.25, 0.3) is 0 Å². The molecular weight excluding hydrogens is 294 g/mol. The lowest BCUT2D eigenvalue weighted by atomic mass is 10.3. The maximum atomic E-state index is 5.54. The normalized spacial score (nSPS) is 41.4. The summed E-state index contributed by atoms with van der Waals surface area (Å²) in [4.78, 5) is 0. The van der Waals surface area contributed by atoms with Crippen LogP contribution in [0.2, 0.25) is 0 Å². The zero-order valence-corrected chi connectivity index (χ0v) is 14.9. The molecule has 0 aromatic carbocycles. The summed E-state index contributed by atoms with van der Waals surface area (Å²) in [6, 6.07) is 0. The summed E-state index contributed by atoms with van der Waals surface area (Å²) < 4.78 is 22.2. The third kappa shape index (κ3) is 4.12. The Balaban J connectivity index is 1.74. The van der Waals surface area contributed by atoms with E-state index in [4.69, 9.17) is 18.9 Å². The van der Waals surface area contributed by atoms with Gasteiger partial charge in [-0.3, -0.25) is 0 Å². The van der Waals surface area contributed by atoms with Gasteiger partial charge in [0.05, 0.1) is 24.4 Å². The summed E-state index contributed by atoms with van der Waals surface area (Å²) in [6.07, 6.45) is 8.89. The molecule has 6 heteroatoms. The fraction of sp³-hybridized carbons (Fsp3) is 1.00. The van der Waals surface area contributed by atoms with E-state index >= 15 is 0 Å². The number of hydrogen-bond donors (Lipinski definition) is 0. The molecule has 4 nitrogen and oxygen atoms in total. The Morgan fingerprint density at radius 3 is 1.05 bits per heavy atom. The van der Waals surface area contributed by atoms with E-state index in [9.17, 15) is 0 Å². The van der Waals surface area contributed by atoms with Gasteiger partial charge in [0.2, 0.25) is 0 Å². The van der Waals surface area contributed by atoms with Crippen molar-refractivity contribution in [2.75, 3.05) is 65.4 Å². The molecule has 0 aliphatic carbocycles. The Morgan fingerprint density at radius 2 is 0.850 bits per heavy atom. The molecule has 20 heavy (non-hydrogen) atoms. The molecule has 2 heterocycles. The van der Waals surface area contributed by atoms with Crippen molar-refractivity contribution in [1.82, 2.24) is 0 Å². The Labute approximate surface area is 125 Å². The summed E-state index contributed by atoms with van der Waals surface area (Å²) in [5, 5.41) is 0. The van der Waals surface area contributed by atoms with Crippen LogP contribution < -0.4 is 0 Å².